The number of aromatic nitrogens is 2. The molecule has 1 N–H and O–H groups in total. The van der Waals surface area contributed by atoms with E-state index in [9.17, 15) is 13.2 Å². The minimum Gasteiger partial charge on any atom is -0.495 e. The molecule has 0 bridgehead atoms. The molecule has 9 nitrogen and oxygen atoms in total. The first-order valence-corrected chi connectivity index (χ1v) is 11.3. The second kappa shape index (κ2) is 8.62. The molecule has 154 valence electrons. The molecule has 29 heavy (non-hydrogen) atoms. The van der Waals surface area contributed by atoms with Crippen LogP contribution in [0.2, 0.25) is 0 Å². The van der Waals surface area contributed by atoms with Crippen molar-refractivity contribution in [1.82, 2.24) is 15.5 Å². The Bertz CT molecular complexity index is 1090. The van der Waals surface area contributed by atoms with Crippen molar-refractivity contribution in [2.45, 2.75) is 13.5 Å². The Kier molecular flexibility index (Phi) is 6.18. The first kappa shape index (κ1) is 20.8. The van der Waals surface area contributed by atoms with Crippen molar-refractivity contribution < 1.29 is 22.5 Å². The summed E-state index contributed by atoms with van der Waals surface area (Å²) in [5, 5.41) is 8.37. The highest BCUT2D eigenvalue weighted by Crippen LogP contribution is 2.30. The number of anilines is 1. The molecule has 3 aromatic rings. The van der Waals surface area contributed by atoms with Gasteiger partial charge in [0.2, 0.25) is 27.6 Å². The van der Waals surface area contributed by atoms with Gasteiger partial charge < -0.3 is 14.6 Å². The number of carbonyl (C=O) groups excluding carboxylic acids is 1. The standard InChI is InChI=1S/C18H20N4O5S2/c1-12-6-7-14(26-2)13(9-12)22(29(3,24)25)11-16(23)19-10-17-20-18(21-27-17)15-5-4-8-28-15/h4-9H,10-11H2,1-3H3,(H,19,23). The highest BCUT2D eigenvalue weighted by molar-refractivity contribution is 7.92. The van der Waals surface area contributed by atoms with Crippen LogP contribution in [0.4, 0.5) is 5.69 Å². The molecule has 0 aliphatic rings. The lowest BCUT2D eigenvalue weighted by molar-refractivity contribution is -0.119. The zero-order valence-corrected chi connectivity index (χ0v) is 17.7. The number of sulfonamides is 1. The predicted octanol–water partition coefficient (Wildman–Crippen LogP) is 2.20. The van der Waals surface area contributed by atoms with Gasteiger partial charge in [-0.2, -0.15) is 4.98 Å². The van der Waals surface area contributed by atoms with E-state index in [1.807, 2.05) is 24.4 Å². The number of benzene rings is 1. The molecular formula is C18H20N4O5S2. The lowest BCUT2D eigenvalue weighted by Gasteiger charge is -2.24. The molecule has 2 heterocycles. The molecule has 3 rings (SSSR count). The summed E-state index contributed by atoms with van der Waals surface area (Å²) in [6.07, 6.45) is 1.04. The fraction of sp³-hybridized carbons (Fsp3) is 0.278. The van der Waals surface area contributed by atoms with Crippen LogP contribution in [0.5, 0.6) is 5.75 Å². The molecule has 0 fully saturated rings. The van der Waals surface area contributed by atoms with E-state index >= 15 is 0 Å². The van der Waals surface area contributed by atoms with E-state index in [1.165, 1.54) is 18.4 Å². The minimum atomic E-state index is -3.73. The van der Waals surface area contributed by atoms with Crippen LogP contribution in [0.25, 0.3) is 10.7 Å². The summed E-state index contributed by atoms with van der Waals surface area (Å²) < 4.78 is 36.0. The van der Waals surface area contributed by atoms with Crippen molar-refractivity contribution >= 4 is 33.0 Å². The van der Waals surface area contributed by atoms with Crippen LogP contribution in [-0.2, 0) is 21.4 Å². The van der Waals surface area contributed by atoms with Gasteiger partial charge in [-0.3, -0.25) is 9.10 Å². The first-order valence-electron chi connectivity index (χ1n) is 8.53. The van der Waals surface area contributed by atoms with Gasteiger partial charge in [0.25, 0.3) is 0 Å². The molecule has 2 aromatic heterocycles. The molecule has 1 amide bonds. The first-order chi connectivity index (χ1) is 13.8. The van der Waals surface area contributed by atoms with E-state index < -0.39 is 22.5 Å². The molecule has 0 saturated heterocycles. The van der Waals surface area contributed by atoms with E-state index in [-0.39, 0.29) is 12.4 Å². The Morgan fingerprint density at radius 1 is 1.34 bits per heavy atom. The molecular weight excluding hydrogens is 416 g/mol. The zero-order valence-electron chi connectivity index (χ0n) is 16.1. The van der Waals surface area contributed by atoms with Crippen LogP contribution < -0.4 is 14.4 Å². The number of aryl methyl sites for hydroxylation is 1. The largest absolute Gasteiger partial charge is 0.495 e. The molecule has 0 atom stereocenters. The molecule has 0 saturated carbocycles. The summed E-state index contributed by atoms with van der Waals surface area (Å²) in [5.74, 6) is 0.494. The smallest absolute Gasteiger partial charge is 0.246 e. The third-order valence-corrected chi connectivity index (χ3v) is 5.93. The van der Waals surface area contributed by atoms with Crippen molar-refractivity contribution in [3.8, 4) is 16.5 Å². The Morgan fingerprint density at radius 2 is 2.14 bits per heavy atom. The number of thiophene rings is 1. The average Bonchev–Trinajstić information content (AvgIpc) is 3.35. The van der Waals surface area contributed by atoms with Crippen molar-refractivity contribution in [1.29, 1.82) is 0 Å². The number of amides is 1. The third kappa shape index (κ3) is 5.12. The van der Waals surface area contributed by atoms with Crippen LogP contribution in [0.15, 0.2) is 40.2 Å². The highest BCUT2D eigenvalue weighted by atomic mass is 32.2. The summed E-state index contributed by atoms with van der Waals surface area (Å²) >= 11 is 1.47. The minimum absolute atomic E-state index is 0.0141. The maximum Gasteiger partial charge on any atom is 0.246 e. The van der Waals surface area contributed by atoms with Gasteiger partial charge in [0.15, 0.2) is 0 Å². The summed E-state index contributed by atoms with van der Waals surface area (Å²) in [7, 11) is -2.29. The van der Waals surface area contributed by atoms with Gasteiger partial charge in [-0.05, 0) is 36.1 Å². The van der Waals surface area contributed by atoms with Gasteiger partial charge in [0, 0.05) is 0 Å². The van der Waals surface area contributed by atoms with E-state index in [4.69, 9.17) is 9.26 Å². The number of ether oxygens (including phenoxy) is 1. The average molecular weight is 437 g/mol. The molecule has 0 radical (unpaired) electrons. The van der Waals surface area contributed by atoms with E-state index in [2.05, 4.69) is 15.5 Å². The topological polar surface area (TPSA) is 115 Å². The Morgan fingerprint density at radius 3 is 2.79 bits per heavy atom. The van der Waals surface area contributed by atoms with E-state index in [0.717, 1.165) is 21.0 Å². The lowest BCUT2D eigenvalue weighted by Crippen LogP contribution is -2.40. The van der Waals surface area contributed by atoms with Crippen molar-refractivity contribution in [3.63, 3.8) is 0 Å². The van der Waals surface area contributed by atoms with Gasteiger partial charge >= 0.3 is 0 Å². The SMILES string of the molecule is COc1ccc(C)cc1N(CC(=O)NCc1nc(-c2cccs2)no1)S(C)(=O)=O. The molecule has 0 aliphatic carbocycles. The number of carbonyl (C=O) groups is 1. The van der Waals surface area contributed by atoms with Gasteiger partial charge in [-0.1, -0.05) is 17.3 Å². The summed E-state index contributed by atoms with van der Waals surface area (Å²) in [6.45, 7) is 1.40. The maximum absolute atomic E-state index is 12.4. The number of nitrogens with one attached hydrogen (secondary N) is 1. The number of hydrogen-bond acceptors (Lipinski definition) is 8. The number of nitrogens with zero attached hydrogens (tertiary/aromatic N) is 3. The van der Waals surface area contributed by atoms with Gasteiger partial charge in [-0.15, -0.1) is 11.3 Å². The number of rotatable bonds is 8. The fourth-order valence-corrected chi connectivity index (χ4v) is 4.07. The van der Waals surface area contributed by atoms with Crippen LogP contribution in [0, 0.1) is 6.92 Å². The summed E-state index contributed by atoms with van der Waals surface area (Å²) in [6, 6.07) is 8.83. The van der Waals surface area contributed by atoms with Crippen LogP contribution in [0.1, 0.15) is 11.5 Å². The Labute approximate surface area is 172 Å². The van der Waals surface area contributed by atoms with Gasteiger partial charge in [-0.25, -0.2) is 8.42 Å². The van der Waals surface area contributed by atoms with Gasteiger partial charge in [0.1, 0.15) is 12.3 Å². The van der Waals surface area contributed by atoms with E-state index in [1.54, 1.807) is 18.2 Å². The van der Waals surface area contributed by atoms with Crippen molar-refractivity contribution in [2.75, 3.05) is 24.2 Å². The normalized spacial score (nSPS) is 11.3. The molecule has 0 spiro atoms. The lowest BCUT2D eigenvalue weighted by atomic mass is 10.2. The highest BCUT2D eigenvalue weighted by Gasteiger charge is 2.24. The summed E-state index contributed by atoms with van der Waals surface area (Å²) in [4.78, 5) is 17.5. The Balaban J connectivity index is 1.71. The quantitative estimate of drug-likeness (QED) is 0.576. The second-order valence-electron chi connectivity index (χ2n) is 6.21. The second-order valence-corrected chi connectivity index (χ2v) is 9.07. The predicted molar refractivity (Wildman–Crippen MR) is 109 cm³/mol. The zero-order chi connectivity index (χ0) is 21.0. The monoisotopic (exact) mass is 436 g/mol. The number of methoxy groups -OCH3 is 1. The van der Waals surface area contributed by atoms with Gasteiger partial charge in [0.05, 0.1) is 30.5 Å². The van der Waals surface area contributed by atoms with Crippen LogP contribution in [-0.4, -0.2) is 44.4 Å². The van der Waals surface area contributed by atoms with Crippen LogP contribution in [0.3, 0.4) is 0 Å². The fourth-order valence-electron chi connectivity index (χ4n) is 2.57. The van der Waals surface area contributed by atoms with Crippen molar-refractivity contribution in [2.24, 2.45) is 0 Å². The number of hydrogen-bond donors (Lipinski definition) is 1. The third-order valence-electron chi connectivity index (χ3n) is 3.94. The molecule has 11 heteroatoms. The van der Waals surface area contributed by atoms with Crippen LogP contribution >= 0.6 is 11.3 Å². The maximum atomic E-state index is 12.4. The Hall–Kier alpha value is -2.92. The summed E-state index contributed by atoms with van der Waals surface area (Å²) in [5.41, 5.74) is 1.13. The molecule has 1 aromatic carbocycles. The molecule has 0 aliphatic heterocycles. The van der Waals surface area contributed by atoms with E-state index in [0.29, 0.717) is 17.3 Å². The molecule has 0 unspecified atom stereocenters. The van der Waals surface area contributed by atoms with Crippen molar-refractivity contribution in [3.05, 3.63) is 47.2 Å².